The van der Waals surface area contributed by atoms with Gasteiger partial charge in [-0.1, -0.05) is 0 Å². The number of nitrogens with two attached hydrogens (primary N) is 1. The van der Waals surface area contributed by atoms with Gasteiger partial charge < -0.3 is 16.0 Å². The Bertz CT molecular complexity index is 349. The molecular formula is C11H19N5O. The molecule has 1 amide bonds. The third-order valence-corrected chi connectivity index (χ3v) is 2.23. The number of nitrogens with zero attached hydrogens (tertiary/aromatic N) is 3. The molecule has 0 saturated heterocycles. The molecule has 1 heterocycles. The fourth-order valence-corrected chi connectivity index (χ4v) is 1.26. The summed E-state index contributed by atoms with van der Waals surface area (Å²) in [6.45, 7) is 1.51. The topological polar surface area (TPSA) is 84.1 Å². The third-order valence-electron chi connectivity index (χ3n) is 2.23. The monoisotopic (exact) mass is 237 g/mol. The lowest BCUT2D eigenvalue weighted by Gasteiger charge is -2.09. The van der Waals surface area contributed by atoms with E-state index in [1.807, 2.05) is 0 Å². The molecule has 6 heteroatoms. The van der Waals surface area contributed by atoms with Crippen LogP contribution in [0.1, 0.15) is 23.3 Å². The van der Waals surface area contributed by atoms with E-state index >= 15 is 0 Å². The van der Waals surface area contributed by atoms with Gasteiger partial charge in [0.25, 0.3) is 5.91 Å². The second kappa shape index (κ2) is 6.80. The smallest absolute Gasteiger partial charge is 0.273 e. The SMILES string of the molecule is CN(C)C(=O)c1ccc(NCCCCN)nn1. The highest BCUT2D eigenvalue weighted by atomic mass is 16.2. The number of carbonyl (C=O) groups excluding carboxylic acids is 1. The standard InChI is InChI=1S/C11H19N5O/c1-16(2)11(17)9-5-6-10(15-14-9)13-8-4-3-7-12/h5-6H,3-4,7-8,12H2,1-2H3,(H,13,15). The van der Waals surface area contributed by atoms with E-state index < -0.39 is 0 Å². The summed E-state index contributed by atoms with van der Waals surface area (Å²) in [7, 11) is 3.37. The summed E-state index contributed by atoms with van der Waals surface area (Å²) in [5.74, 6) is 0.532. The van der Waals surface area contributed by atoms with Gasteiger partial charge in [0.15, 0.2) is 5.69 Å². The normalized spacial score (nSPS) is 10.1. The predicted molar refractivity (Wildman–Crippen MR) is 66.8 cm³/mol. The van der Waals surface area contributed by atoms with Gasteiger partial charge in [0, 0.05) is 20.6 Å². The van der Waals surface area contributed by atoms with Gasteiger partial charge in [0.05, 0.1) is 0 Å². The molecule has 1 rings (SSSR count). The number of amides is 1. The Morgan fingerprint density at radius 2 is 2.12 bits per heavy atom. The number of hydrogen-bond donors (Lipinski definition) is 2. The van der Waals surface area contributed by atoms with Crippen LogP contribution in [0.15, 0.2) is 12.1 Å². The van der Waals surface area contributed by atoms with Crippen LogP contribution in [0.3, 0.4) is 0 Å². The quantitative estimate of drug-likeness (QED) is 0.696. The van der Waals surface area contributed by atoms with Crippen LogP contribution in [-0.4, -0.2) is 48.2 Å². The van der Waals surface area contributed by atoms with Crippen LogP contribution in [0.25, 0.3) is 0 Å². The van der Waals surface area contributed by atoms with Crippen LogP contribution in [0, 0.1) is 0 Å². The number of rotatable bonds is 6. The van der Waals surface area contributed by atoms with Gasteiger partial charge in [0.2, 0.25) is 0 Å². The van der Waals surface area contributed by atoms with E-state index in [1.54, 1.807) is 26.2 Å². The Hall–Kier alpha value is -1.69. The number of anilines is 1. The van der Waals surface area contributed by atoms with Crippen LogP contribution in [0.5, 0.6) is 0 Å². The first kappa shape index (κ1) is 13.4. The first-order valence-corrected chi connectivity index (χ1v) is 5.64. The molecule has 1 aromatic rings. The van der Waals surface area contributed by atoms with Gasteiger partial charge in [-0.05, 0) is 31.5 Å². The molecule has 17 heavy (non-hydrogen) atoms. The second-order valence-corrected chi connectivity index (χ2v) is 3.93. The highest BCUT2D eigenvalue weighted by Gasteiger charge is 2.09. The Labute approximate surface area is 101 Å². The molecule has 0 fully saturated rings. The van der Waals surface area contributed by atoms with Crippen LogP contribution < -0.4 is 11.1 Å². The molecule has 0 saturated carbocycles. The maximum absolute atomic E-state index is 11.5. The molecule has 0 aliphatic carbocycles. The van der Waals surface area contributed by atoms with Gasteiger partial charge in [-0.15, -0.1) is 10.2 Å². The van der Waals surface area contributed by atoms with Gasteiger partial charge >= 0.3 is 0 Å². The first-order chi connectivity index (χ1) is 8.15. The average Bonchev–Trinajstić information content (AvgIpc) is 2.34. The fraction of sp³-hybridized carbons (Fsp3) is 0.545. The zero-order valence-corrected chi connectivity index (χ0v) is 10.3. The van der Waals surface area contributed by atoms with Crippen molar-refractivity contribution in [3.05, 3.63) is 17.8 Å². The summed E-state index contributed by atoms with van der Waals surface area (Å²) >= 11 is 0. The number of carbonyl (C=O) groups is 1. The van der Waals surface area contributed by atoms with E-state index in [2.05, 4.69) is 15.5 Å². The van der Waals surface area contributed by atoms with Gasteiger partial charge in [-0.25, -0.2) is 0 Å². The number of nitrogens with one attached hydrogen (secondary N) is 1. The predicted octanol–water partition coefficient (Wildman–Crippen LogP) is 0.329. The lowest BCUT2D eigenvalue weighted by molar-refractivity contribution is 0.0821. The Morgan fingerprint density at radius 1 is 1.35 bits per heavy atom. The van der Waals surface area contributed by atoms with Crippen LogP contribution >= 0.6 is 0 Å². The van der Waals surface area contributed by atoms with E-state index in [1.165, 1.54) is 4.90 Å². The largest absolute Gasteiger partial charge is 0.369 e. The molecule has 0 atom stereocenters. The highest BCUT2D eigenvalue weighted by molar-refractivity contribution is 5.91. The molecule has 0 aliphatic heterocycles. The minimum Gasteiger partial charge on any atom is -0.369 e. The molecule has 0 spiro atoms. The molecule has 94 valence electrons. The van der Waals surface area contributed by atoms with Crippen molar-refractivity contribution in [1.29, 1.82) is 0 Å². The summed E-state index contributed by atoms with van der Waals surface area (Å²) in [6.07, 6.45) is 1.98. The van der Waals surface area contributed by atoms with E-state index in [9.17, 15) is 4.79 Å². The van der Waals surface area contributed by atoms with Crippen molar-refractivity contribution in [2.45, 2.75) is 12.8 Å². The zero-order chi connectivity index (χ0) is 12.7. The Kier molecular flexibility index (Phi) is 5.35. The van der Waals surface area contributed by atoms with Crippen LogP contribution in [0.2, 0.25) is 0 Å². The minimum atomic E-state index is -0.146. The molecule has 0 aromatic carbocycles. The number of unbranched alkanes of at least 4 members (excludes halogenated alkanes) is 1. The van der Waals surface area contributed by atoms with E-state index in [4.69, 9.17) is 5.73 Å². The maximum atomic E-state index is 11.5. The maximum Gasteiger partial charge on any atom is 0.273 e. The lowest BCUT2D eigenvalue weighted by Crippen LogP contribution is -2.23. The van der Waals surface area contributed by atoms with Crippen molar-refractivity contribution < 1.29 is 4.79 Å². The molecule has 0 aliphatic rings. The van der Waals surface area contributed by atoms with Crippen molar-refractivity contribution >= 4 is 11.7 Å². The second-order valence-electron chi connectivity index (χ2n) is 3.93. The summed E-state index contributed by atoms with van der Waals surface area (Å²) in [4.78, 5) is 13.0. The Balaban J connectivity index is 2.47. The zero-order valence-electron chi connectivity index (χ0n) is 10.3. The molecule has 6 nitrogen and oxygen atoms in total. The molecule has 0 bridgehead atoms. The van der Waals surface area contributed by atoms with E-state index in [0.29, 0.717) is 18.1 Å². The minimum absolute atomic E-state index is 0.146. The molecular weight excluding hydrogens is 218 g/mol. The fourth-order valence-electron chi connectivity index (χ4n) is 1.26. The van der Waals surface area contributed by atoms with Crippen LogP contribution in [0.4, 0.5) is 5.82 Å². The van der Waals surface area contributed by atoms with E-state index in [0.717, 1.165) is 19.4 Å². The third kappa shape index (κ3) is 4.36. The Morgan fingerprint density at radius 3 is 2.65 bits per heavy atom. The molecule has 1 aromatic heterocycles. The molecule has 0 unspecified atom stereocenters. The van der Waals surface area contributed by atoms with Crippen LogP contribution in [-0.2, 0) is 0 Å². The van der Waals surface area contributed by atoms with Gasteiger partial charge in [-0.2, -0.15) is 0 Å². The summed E-state index contributed by atoms with van der Waals surface area (Å²) in [6, 6.07) is 3.42. The molecule has 0 radical (unpaired) electrons. The van der Waals surface area contributed by atoms with E-state index in [-0.39, 0.29) is 5.91 Å². The van der Waals surface area contributed by atoms with Gasteiger partial charge in [-0.3, -0.25) is 4.79 Å². The van der Waals surface area contributed by atoms with Crippen molar-refractivity contribution in [1.82, 2.24) is 15.1 Å². The highest BCUT2D eigenvalue weighted by Crippen LogP contribution is 2.03. The summed E-state index contributed by atoms with van der Waals surface area (Å²) < 4.78 is 0. The van der Waals surface area contributed by atoms with Crippen molar-refractivity contribution in [2.75, 3.05) is 32.5 Å². The van der Waals surface area contributed by atoms with Crippen molar-refractivity contribution in [3.8, 4) is 0 Å². The lowest BCUT2D eigenvalue weighted by atomic mass is 10.3. The van der Waals surface area contributed by atoms with Crippen molar-refractivity contribution in [3.63, 3.8) is 0 Å². The first-order valence-electron chi connectivity index (χ1n) is 5.64. The molecule has 3 N–H and O–H groups in total. The number of hydrogen-bond acceptors (Lipinski definition) is 5. The van der Waals surface area contributed by atoms with Crippen molar-refractivity contribution in [2.24, 2.45) is 5.73 Å². The average molecular weight is 237 g/mol. The summed E-state index contributed by atoms with van der Waals surface area (Å²) in [5.41, 5.74) is 5.74. The van der Waals surface area contributed by atoms with Gasteiger partial charge in [0.1, 0.15) is 5.82 Å². The number of aromatic nitrogens is 2. The summed E-state index contributed by atoms with van der Waals surface area (Å²) in [5, 5.41) is 10.9.